The van der Waals surface area contributed by atoms with E-state index in [2.05, 4.69) is 35.7 Å². The van der Waals surface area contributed by atoms with Gasteiger partial charge in [0.15, 0.2) is 15.7 Å². The molecule has 2 N–H and O–H groups in total. The van der Waals surface area contributed by atoms with Crippen LogP contribution in [-0.4, -0.2) is 63.2 Å². The van der Waals surface area contributed by atoms with Crippen LogP contribution in [0.2, 0.25) is 0 Å². The second kappa shape index (κ2) is 9.44. The number of rotatable bonds is 8. The number of alkyl halides is 3. The molecule has 10 nitrogen and oxygen atoms in total. The molecule has 0 radical (unpaired) electrons. The van der Waals surface area contributed by atoms with Crippen LogP contribution in [0.3, 0.4) is 0 Å². The minimum atomic E-state index is -4.48. The molecule has 3 heterocycles. The van der Waals surface area contributed by atoms with Crippen molar-refractivity contribution in [1.82, 2.24) is 29.7 Å². The third-order valence-electron chi connectivity index (χ3n) is 4.86. The fourth-order valence-corrected chi connectivity index (χ4v) is 3.97. The molecule has 0 aliphatic carbocycles. The smallest absolute Gasteiger partial charge is 0.359 e. The minimum absolute atomic E-state index is 0.101. The van der Waals surface area contributed by atoms with Gasteiger partial charge in [-0.15, -0.1) is 0 Å². The highest BCUT2D eigenvalue weighted by Crippen LogP contribution is 2.27. The molecular formula is C21H21F3N8O2S. The van der Waals surface area contributed by atoms with Gasteiger partial charge in [0.05, 0.1) is 22.7 Å². The molecule has 3 aromatic heterocycles. The van der Waals surface area contributed by atoms with Crippen LogP contribution >= 0.6 is 0 Å². The van der Waals surface area contributed by atoms with Gasteiger partial charge in [0.25, 0.3) is 0 Å². The van der Waals surface area contributed by atoms with Gasteiger partial charge in [0.1, 0.15) is 24.7 Å². The zero-order chi connectivity index (χ0) is 25.2. The molecule has 0 spiro atoms. The van der Waals surface area contributed by atoms with Gasteiger partial charge in [0, 0.05) is 17.9 Å². The fraction of sp³-hybridized carbons (Fsp3) is 0.286. The Morgan fingerprint density at radius 1 is 1.11 bits per heavy atom. The first kappa shape index (κ1) is 24.3. The molecule has 0 amide bonds. The number of anilines is 2. The molecule has 0 aliphatic rings. The van der Waals surface area contributed by atoms with E-state index in [1.54, 1.807) is 35.3 Å². The number of hydrogen-bond acceptors (Lipinski definition) is 9. The van der Waals surface area contributed by atoms with Gasteiger partial charge in [-0.1, -0.05) is 12.1 Å². The number of benzene rings is 1. The molecule has 1 atom stereocenters. The Kier molecular flexibility index (Phi) is 6.56. The van der Waals surface area contributed by atoms with Gasteiger partial charge >= 0.3 is 6.18 Å². The van der Waals surface area contributed by atoms with E-state index in [9.17, 15) is 21.6 Å². The maximum Gasteiger partial charge on any atom is 0.405 e. The van der Waals surface area contributed by atoms with E-state index in [4.69, 9.17) is 0 Å². The lowest BCUT2D eigenvalue weighted by molar-refractivity contribution is -0.115. The molecule has 0 saturated carbocycles. The monoisotopic (exact) mass is 506 g/mol. The number of aromatic nitrogens is 6. The van der Waals surface area contributed by atoms with Crippen molar-refractivity contribution in [2.45, 2.75) is 30.6 Å². The van der Waals surface area contributed by atoms with Crippen LogP contribution in [-0.2, 0) is 16.4 Å². The summed E-state index contributed by atoms with van der Waals surface area (Å²) < 4.78 is 64.3. The molecule has 0 aliphatic heterocycles. The predicted octanol–water partition coefficient (Wildman–Crippen LogP) is 3.16. The summed E-state index contributed by atoms with van der Waals surface area (Å²) in [5.74, 6) is 0.00677. The number of halogens is 3. The molecular weight excluding hydrogens is 485 g/mol. The third-order valence-corrected chi connectivity index (χ3v) is 5.97. The highest BCUT2D eigenvalue weighted by atomic mass is 32.2. The van der Waals surface area contributed by atoms with Crippen LogP contribution in [0.5, 0.6) is 0 Å². The molecule has 35 heavy (non-hydrogen) atoms. The number of hydrogen-bond donors (Lipinski definition) is 2. The number of sulfone groups is 1. The standard InChI is InChI=1S/C21H21F3N8O2S/c1-13(9-32-12-25-11-27-32)28-20-30-17-7-6-16(14-4-3-5-15(8-14)35(2,33)34)29-18(17)19(31-20)26-10-21(22,23)24/h3-8,11-13H,9-10H2,1-2H3,(H2,26,28,30,31)/t13-/m1/s1. The minimum Gasteiger partial charge on any atom is -0.359 e. The summed E-state index contributed by atoms with van der Waals surface area (Å²) in [6.07, 6.45) is -0.453. The summed E-state index contributed by atoms with van der Waals surface area (Å²) in [5, 5.41) is 9.37. The fourth-order valence-electron chi connectivity index (χ4n) is 3.31. The van der Waals surface area contributed by atoms with Crippen molar-refractivity contribution < 1.29 is 21.6 Å². The SMILES string of the molecule is C[C@H](Cn1cncn1)Nc1nc(NCC(F)(F)F)c2nc(-c3cccc(S(C)(=O)=O)c3)ccc2n1. The second-order valence-corrected chi connectivity index (χ2v) is 9.91. The van der Waals surface area contributed by atoms with E-state index >= 15 is 0 Å². The van der Waals surface area contributed by atoms with Crippen LogP contribution in [0.15, 0.2) is 53.9 Å². The van der Waals surface area contributed by atoms with Crippen LogP contribution < -0.4 is 10.6 Å². The van der Waals surface area contributed by atoms with Gasteiger partial charge in [0.2, 0.25) is 5.95 Å². The van der Waals surface area contributed by atoms with E-state index in [1.165, 1.54) is 18.5 Å². The maximum atomic E-state index is 12.9. The molecule has 0 unspecified atom stereocenters. The van der Waals surface area contributed by atoms with Gasteiger partial charge in [-0.25, -0.2) is 23.4 Å². The highest BCUT2D eigenvalue weighted by molar-refractivity contribution is 7.90. The Labute approximate surface area is 198 Å². The Hall–Kier alpha value is -3.81. The van der Waals surface area contributed by atoms with Crippen molar-refractivity contribution in [2.24, 2.45) is 0 Å². The molecule has 14 heteroatoms. The van der Waals surface area contributed by atoms with Crippen LogP contribution in [0, 0.1) is 0 Å². The average Bonchev–Trinajstić information content (AvgIpc) is 3.29. The Morgan fingerprint density at radius 3 is 2.60 bits per heavy atom. The largest absolute Gasteiger partial charge is 0.405 e. The number of pyridine rings is 1. The Morgan fingerprint density at radius 2 is 1.91 bits per heavy atom. The molecule has 184 valence electrons. The summed E-state index contributed by atoms with van der Waals surface area (Å²) in [7, 11) is -3.45. The molecule has 4 rings (SSSR count). The van der Waals surface area contributed by atoms with Crippen molar-refractivity contribution in [3.05, 3.63) is 49.1 Å². The van der Waals surface area contributed by atoms with Crippen LogP contribution in [0.25, 0.3) is 22.3 Å². The molecule has 1 aromatic carbocycles. The van der Waals surface area contributed by atoms with Gasteiger partial charge in [-0.3, -0.25) is 4.68 Å². The van der Waals surface area contributed by atoms with Crippen LogP contribution in [0.4, 0.5) is 24.9 Å². The van der Waals surface area contributed by atoms with E-state index in [0.29, 0.717) is 23.3 Å². The normalized spacial score (nSPS) is 13.1. The molecule has 0 saturated heterocycles. The highest BCUT2D eigenvalue weighted by Gasteiger charge is 2.27. The Bertz CT molecular complexity index is 1440. The predicted molar refractivity (Wildman–Crippen MR) is 124 cm³/mol. The van der Waals surface area contributed by atoms with Gasteiger partial charge in [-0.05, 0) is 31.2 Å². The summed E-state index contributed by atoms with van der Waals surface area (Å²) in [6.45, 7) is 0.956. The van der Waals surface area contributed by atoms with Crippen molar-refractivity contribution in [2.75, 3.05) is 23.4 Å². The van der Waals surface area contributed by atoms with Gasteiger partial charge < -0.3 is 10.6 Å². The lowest BCUT2D eigenvalue weighted by atomic mass is 10.1. The maximum absolute atomic E-state index is 12.9. The lowest BCUT2D eigenvalue weighted by Crippen LogP contribution is -2.25. The number of nitrogens with one attached hydrogen (secondary N) is 2. The Balaban J connectivity index is 1.71. The summed E-state index contributed by atoms with van der Waals surface area (Å²) in [4.78, 5) is 17.0. The summed E-state index contributed by atoms with van der Waals surface area (Å²) in [6, 6.07) is 9.14. The summed E-state index contributed by atoms with van der Waals surface area (Å²) >= 11 is 0. The van der Waals surface area contributed by atoms with Crippen molar-refractivity contribution in [1.29, 1.82) is 0 Å². The zero-order valence-electron chi connectivity index (χ0n) is 18.7. The quantitative estimate of drug-likeness (QED) is 0.370. The zero-order valence-corrected chi connectivity index (χ0v) is 19.5. The molecule has 0 fully saturated rings. The van der Waals surface area contributed by atoms with Gasteiger partial charge in [-0.2, -0.15) is 23.3 Å². The third kappa shape index (κ3) is 6.20. The van der Waals surface area contributed by atoms with E-state index in [-0.39, 0.29) is 28.2 Å². The van der Waals surface area contributed by atoms with Crippen molar-refractivity contribution >= 4 is 32.6 Å². The van der Waals surface area contributed by atoms with Crippen molar-refractivity contribution in [3.63, 3.8) is 0 Å². The van der Waals surface area contributed by atoms with E-state index in [0.717, 1.165) is 6.26 Å². The molecule has 0 bridgehead atoms. The first-order chi connectivity index (χ1) is 16.5. The number of fused-ring (bicyclic) bond motifs is 1. The lowest BCUT2D eigenvalue weighted by Gasteiger charge is -2.16. The average molecular weight is 507 g/mol. The van der Waals surface area contributed by atoms with Crippen molar-refractivity contribution in [3.8, 4) is 11.3 Å². The summed E-state index contributed by atoms with van der Waals surface area (Å²) in [5.41, 5.74) is 1.27. The first-order valence-corrected chi connectivity index (χ1v) is 12.3. The molecule has 4 aromatic rings. The van der Waals surface area contributed by atoms with E-state index in [1.807, 2.05) is 6.92 Å². The van der Waals surface area contributed by atoms with E-state index < -0.39 is 22.6 Å². The topological polar surface area (TPSA) is 128 Å². The number of nitrogens with zero attached hydrogens (tertiary/aromatic N) is 6. The van der Waals surface area contributed by atoms with Crippen LogP contribution in [0.1, 0.15) is 6.92 Å². The first-order valence-electron chi connectivity index (χ1n) is 10.4. The second-order valence-electron chi connectivity index (χ2n) is 7.89.